The average molecular weight is 599 g/mol. The number of esters is 2. The number of hydrogen-bond donors (Lipinski definition) is 0. The maximum absolute atomic E-state index is 11.9. The highest BCUT2D eigenvalue weighted by atomic mass is 16.5. The lowest BCUT2D eigenvalue weighted by Gasteiger charge is -2.06. The van der Waals surface area contributed by atoms with Crippen molar-refractivity contribution >= 4 is 11.9 Å². The molecule has 4 nitrogen and oxygen atoms in total. The fourth-order valence-electron chi connectivity index (χ4n) is 4.54. The summed E-state index contributed by atoms with van der Waals surface area (Å²) in [7, 11) is 0. The van der Waals surface area contributed by atoms with Crippen molar-refractivity contribution in [1.29, 1.82) is 0 Å². The smallest absolute Gasteiger partial charge is 0.305 e. The molecule has 0 rings (SSSR count). The minimum absolute atomic E-state index is 0.139. The lowest BCUT2D eigenvalue weighted by Crippen LogP contribution is -2.10. The molecule has 0 saturated carbocycles. The van der Waals surface area contributed by atoms with E-state index in [1.54, 1.807) is 0 Å². The highest BCUT2D eigenvalue weighted by molar-refractivity contribution is 5.69. The van der Waals surface area contributed by atoms with Crippen LogP contribution in [-0.2, 0) is 19.1 Å². The fraction of sp³-hybridized carbons (Fsp3) is 0.692. The molecule has 0 aliphatic carbocycles. The van der Waals surface area contributed by atoms with Crippen molar-refractivity contribution in [3.63, 3.8) is 0 Å². The van der Waals surface area contributed by atoms with E-state index < -0.39 is 0 Å². The van der Waals surface area contributed by atoms with Crippen molar-refractivity contribution in [1.82, 2.24) is 0 Å². The molecule has 0 heterocycles. The van der Waals surface area contributed by atoms with Gasteiger partial charge >= 0.3 is 11.9 Å². The van der Waals surface area contributed by atoms with Gasteiger partial charge in [0, 0.05) is 19.3 Å². The van der Waals surface area contributed by atoms with Crippen LogP contribution < -0.4 is 0 Å². The first-order chi connectivity index (χ1) is 21.2. The van der Waals surface area contributed by atoms with Gasteiger partial charge in [-0.25, -0.2) is 0 Å². The molecular weight excluding hydrogens is 532 g/mol. The molecule has 0 amide bonds. The van der Waals surface area contributed by atoms with Crippen molar-refractivity contribution in [2.75, 3.05) is 13.2 Å². The molecule has 0 radical (unpaired) electrons. The van der Waals surface area contributed by atoms with Gasteiger partial charge in [0.05, 0.1) is 13.2 Å². The molecule has 0 unspecified atom stereocenters. The van der Waals surface area contributed by atoms with E-state index in [9.17, 15) is 9.59 Å². The second kappa shape index (κ2) is 35.8. The van der Waals surface area contributed by atoms with Gasteiger partial charge in [-0.1, -0.05) is 126 Å². The van der Waals surface area contributed by atoms with E-state index in [4.69, 9.17) is 9.47 Å². The van der Waals surface area contributed by atoms with Crippen LogP contribution in [0.4, 0.5) is 0 Å². The largest absolute Gasteiger partial charge is 0.466 e. The second-order valence-corrected chi connectivity index (χ2v) is 11.4. The van der Waals surface area contributed by atoms with Crippen LogP contribution in [0.25, 0.3) is 0 Å². The van der Waals surface area contributed by atoms with E-state index in [0.29, 0.717) is 32.5 Å². The lowest BCUT2D eigenvalue weighted by molar-refractivity contribution is -0.146. The molecule has 0 aromatic carbocycles. The van der Waals surface area contributed by atoms with Gasteiger partial charge in [0.25, 0.3) is 0 Å². The maximum atomic E-state index is 11.9. The quantitative estimate of drug-likeness (QED) is 0.0452. The topological polar surface area (TPSA) is 52.6 Å². The number of ether oxygens (including phenoxy) is 2. The number of carbonyl (C=O) groups is 2. The van der Waals surface area contributed by atoms with Gasteiger partial charge < -0.3 is 9.47 Å². The van der Waals surface area contributed by atoms with Crippen LogP contribution in [0.15, 0.2) is 60.8 Å². The van der Waals surface area contributed by atoms with Crippen LogP contribution in [0.1, 0.15) is 162 Å². The van der Waals surface area contributed by atoms with Crippen LogP contribution >= 0.6 is 0 Å². The third kappa shape index (κ3) is 35.7. The Balaban J connectivity index is 3.40. The van der Waals surface area contributed by atoms with Gasteiger partial charge in [0.2, 0.25) is 0 Å². The molecular formula is C39H66O4. The predicted octanol–water partition coefficient (Wildman–Crippen LogP) is 11.9. The molecule has 0 aliphatic heterocycles. The van der Waals surface area contributed by atoms with Gasteiger partial charge in [-0.3, -0.25) is 9.59 Å². The molecule has 4 heteroatoms. The summed E-state index contributed by atoms with van der Waals surface area (Å²) in [4.78, 5) is 23.8. The van der Waals surface area contributed by atoms with Gasteiger partial charge in [-0.2, -0.15) is 0 Å². The molecule has 246 valence electrons. The third-order valence-electron chi connectivity index (χ3n) is 7.18. The molecule has 0 aromatic heterocycles. The lowest BCUT2D eigenvalue weighted by atomic mass is 10.1. The van der Waals surface area contributed by atoms with Gasteiger partial charge in [0.1, 0.15) is 0 Å². The van der Waals surface area contributed by atoms with Crippen LogP contribution in [-0.4, -0.2) is 25.2 Å². The van der Waals surface area contributed by atoms with Crippen molar-refractivity contribution in [2.45, 2.75) is 162 Å². The zero-order valence-corrected chi connectivity index (χ0v) is 28.1. The summed E-state index contributed by atoms with van der Waals surface area (Å²) in [6.45, 7) is 5.05. The summed E-state index contributed by atoms with van der Waals surface area (Å²) in [6.07, 6.45) is 46.7. The number of hydrogen-bond acceptors (Lipinski definition) is 4. The molecule has 0 aliphatic rings. The average Bonchev–Trinajstić information content (AvgIpc) is 3.00. The molecule has 0 saturated heterocycles. The molecule has 0 fully saturated rings. The van der Waals surface area contributed by atoms with E-state index in [-0.39, 0.29) is 11.9 Å². The Morgan fingerprint density at radius 3 is 1.23 bits per heavy atom. The Hall–Kier alpha value is -2.36. The summed E-state index contributed by atoms with van der Waals surface area (Å²) in [6, 6.07) is 0. The Kier molecular flexibility index (Phi) is 33.9. The Labute approximate surface area is 266 Å². The summed E-state index contributed by atoms with van der Waals surface area (Å²) in [5.41, 5.74) is 0. The molecule has 0 atom stereocenters. The van der Waals surface area contributed by atoms with Crippen molar-refractivity contribution in [3.8, 4) is 0 Å². The third-order valence-corrected chi connectivity index (χ3v) is 7.18. The van der Waals surface area contributed by atoms with E-state index in [1.807, 2.05) is 0 Å². The van der Waals surface area contributed by atoms with Crippen LogP contribution in [0.2, 0.25) is 0 Å². The Bertz CT molecular complexity index is 759. The zero-order chi connectivity index (χ0) is 31.3. The summed E-state index contributed by atoms with van der Waals surface area (Å²) >= 11 is 0. The second-order valence-electron chi connectivity index (χ2n) is 11.4. The maximum Gasteiger partial charge on any atom is 0.305 e. The minimum Gasteiger partial charge on any atom is -0.466 e. The minimum atomic E-state index is -0.141. The highest BCUT2D eigenvalue weighted by Gasteiger charge is 2.05. The van der Waals surface area contributed by atoms with Crippen LogP contribution in [0, 0.1) is 0 Å². The Morgan fingerprint density at radius 1 is 0.419 bits per heavy atom. The molecule has 0 N–H and O–H groups in total. The number of unbranched alkanes of at least 4 members (excludes halogenated alkanes) is 13. The van der Waals surface area contributed by atoms with Crippen molar-refractivity contribution < 1.29 is 19.1 Å². The fourth-order valence-corrected chi connectivity index (χ4v) is 4.54. The monoisotopic (exact) mass is 598 g/mol. The zero-order valence-electron chi connectivity index (χ0n) is 28.1. The van der Waals surface area contributed by atoms with Crippen LogP contribution in [0.3, 0.4) is 0 Å². The summed E-state index contributed by atoms with van der Waals surface area (Å²) in [5.74, 6) is -0.280. The van der Waals surface area contributed by atoms with Crippen molar-refractivity contribution in [3.05, 3.63) is 60.8 Å². The number of allylic oxidation sites excluding steroid dienone is 10. The first kappa shape index (κ1) is 40.6. The SMILES string of the molecule is CC/C=C\C/C=C\C/C=C\CCCCCCCC(=O)OCCCOC(=O)CCCCCCC/C=C\C/C=C\CCCCC. The molecule has 0 spiro atoms. The molecule has 0 aromatic rings. The summed E-state index contributed by atoms with van der Waals surface area (Å²) < 4.78 is 10.6. The molecule has 0 bridgehead atoms. The number of carbonyl (C=O) groups excluding carboxylic acids is 2. The Morgan fingerprint density at radius 2 is 0.791 bits per heavy atom. The standard InChI is InChI=1S/C39H66O4/c1-3-5-7-9-11-13-15-17-19-21-23-25-27-29-31-34-38(40)42-36-33-37-43-39(41)35-32-30-28-26-24-22-20-18-16-14-12-10-8-6-4-2/h5,7,11-14,17-20H,3-4,6,8-10,15-16,21-37H2,1-2H3/b7-5-,13-11-,14-12-,19-17-,20-18-. The first-order valence-electron chi connectivity index (χ1n) is 17.8. The van der Waals surface area contributed by atoms with E-state index >= 15 is 0 Å². The van der Waals surface area contributed by atoms with E-state index in [2.05, 4.69) is 74.6 Å². The van der Waals surface area contributed by atoms with Gasteiger partial charge in [-0.15, -0.1) is 0 Å². The predicted molar refractivity (Wildman–Crippen MR) is 185 cm³/mol. The van der Waals surface area contributed by atoms with E-state index in [1.165, 1.54) is 57.8 Å². The van der Waals surface area contributed by atoms with Crippen molar-refractivity contribution in [2.24, 2.45) is 0 Å². The summed E-state index contributed by atoms with van der Waals surface area (Å²) in [5, 5.41) is 0. The number of rotatable bonds is 31. The van der Waals surface area contributed by atoms with Gasteiger partial charge in [0.15, 0.2) is 0 Å². The molecule has 43 heavy (non-hydrogen) atoms. The highest BCUT2D eigenvalue weighted by Crippen LogP contribution is 2.10. The first-order valence-corrected chi connectivity index (χ1v) is 17.8. The van der Waals surface area contributed by atoms with Crippen LogP contribution in [0.5, 0.6) is 0 Å². The normalized spacial score (nSPS) is 12.1. The van der Waals surface area contributed by atoms with E-state index in [0.717, 1.165) is 70.6 Å². The van der Waals surface area contributed by atoms with Gasteiger partial charge in [-0.05, 0) is 77.0 Å².